The van der Waals surface area contributed by atoms with Gasteiger partial charge in [-0.3, -0.25) is 4.79 Å². The van der Waals surface area contributed by atoms with Crippen LogP contribution >= 0.6 is 0 Å². The van der Waals surface area contributed by atoms with Gasteiger partial charge in [-0.15, -0.1) is 0 Å². The number of hydrogen-bond donors (Lipinski definition) is 2. The van der Waals surface area contributed by atoms with Crippen molar-refractivity contribution in [3.63, 3.8) is 0 Å². The molecule has 0 spiro atoms. The number of nitrogens with one attached hydrogen (secondary N) is 1. The lowest BCUT2D eigenvalue weighted by molar-refractivity contribution is -0.121. The molecule has 0 aliphatic heterocycles. The van der Waals surface area contributed by atoms with Gasteiger partial charge in [-0.25, -0.2) is 0 Å². The Bertz CT molecular complexity index is 635. The van der Waals surface area contributed by atoms with Gasteiger partial charge in [0.15, 0.2) is 0 Å². The van der Waals surface area contributed by atoms with Gasteiger partial charge in [-0.05, 0) is 28.5 Å². The molecule has 0 aliphatic rings. The molecule has 3 heteroatoms. The van der Waals surface area contributed by atoms with E-state index in [0.717, 1.165) is 17.5 Å². The quantitative estimate of drug-likeness (QED) is 0.821. The molecule has 0 aromatic heterocycles. The van der Waals surface area contributed by atoms with E-state index in [4.69, 9.17) is 0 Å². The minimum absolute atomic E-state index is 0.00686. The third-order valence-electron chi connectivity index (χ3n) is 4.30. The molecule has 0 aliphatic carbocycles. The number of aliphatic hydroxyl groups is 1. The van der Waals surface area contributed by atoms with E-state index in [1.165, 1.54) is 5.56 Å². The monoisotopic (exact) mass is 311 g/mol. The summed E-state index contributed by atoms with van der Waals surface area (Å²) in [6, 6.07) is 17.9. The largest absolute Gasteiger partial charge is 0.392 e. The van der Waals surface area contributed by atoms with Crippen LogP contribution in [-0.4, -0.2) is 11.0 Å². The van der Waals surface area contributed by atoms with Gasteiger partial charge in [-0.2, -0.15) is 0 Å². The Kier molecular flexibility index (Phi) is 5.94. The van der Waals surface area contributed by atoms with Crippen LogP contribution in [0.25, 0.3) is 0 Å². The van der Waals surface area contributed by atoms with Crippen LogP contribution in [0.2, 0.25) is 0 Å². The standard InChI is InChI=1S/C20H25NO2/c1-20(2,18-10-4-3-5-11-18)13-12-19(23)21-14-16-8-6-7-9-17(16)15-22/h3-11,22H,12-15H2,1-2H3,(H,21,23). The molecule has 2 rings (SSSR count). The van der Waals surface area contributed by atoms with Gasteiger partial charge >= 0.3 is 0 Å². The van der Waals surface area contributed by atoms with Crippen molar-refractivity contribution < 1.29 is 9.90 Å². The lowest BCUT2D eigenvalue weighted by Crippen LogP contribution is -2.26. The van der Waals surface area contributed by atoms with Crippen LogP contribution in [0.1, 0.15) is 43.4 Å². The molecule has 0 atom stereocenters. The molecule has 2 aromatic carbocycles. The van der Waals surface area contributed by atoms with Gasteiger partial charge in [0.1, 0.15) is 0 Å². The summed E-state index contributed by atoms with van der Waals surface area (Å²) in [5, 5.41) is 12.3. The van der Waals surface area contributed by atoms with E-state index in [-0.39, 0.29) is 17.9 Å². The van der Waals surface area contributed by atoms with Crippen molar-refractivity contribution in [3.05, 3.63) is 71.3 Å². The highest BCUT2D eigenvalue weighted by atomic mass is 16.3. The second-order valence-corrected chi connectivity index (χ2v) is 6.45. The third-order valence-corrected chi connectivity index (χ3v) is 4.30. The topological polar surface area (TPSA) is 49.3 Å². The minimum Gasteiger partial charge on any atom is -0.392 e. The summed E-state index contributed by atoms with van der Waals surface area (Å²) in [4.78, 5) is 12.1. The van der Waals surface area contributed by atoms with E-state index >= 15 is 0 Å². The van der Waals surface area contributed by atoms with Gasteiger partial charge in [0.25, 0.3) is 0 Å². The predicted molar refractivity (Wildman–Crippen MR) is 92.9 cm³/mol. The molecular formula is C20H25NO2. The van der Waals surface area contributed by atoms with Crippen LogP contribution in [0.3, 0.4) is 0 Å². The maximum absolute atomic E-state index is 12.1. The minimum atomic E-state index is -0.0262. The fraction of sp³-hybridized carbons (Fsp3) is 0.350. The van der Waals surface area contributed by atoms with Crippen LogP contribution in [0.4, 0.5) is 0 Å². The Labute approximate surface area is 138 Å². The van der Waals surface area contributed by atoms with E-state index in [1.54, 1.807) is 0 Å². The first-order valence-corrected chi connectivity index (χ1v) is 8.03. The van der Waals surface area contributed by atoms with Crippen molar-refractivity contribution in [1.29, 1.82) is 0 Å². The molecule has 0 bridgehead atoms. The average Bonchev–Trinajstić information content (AvgIpc) is 2.59. The average molecular weight is 311 g/mol. The molecule has 1 amide bonds. The van der Waals surface area contributed by atoms with E-state index in [2.05, 4.69) is 31.3 Å². The lowest BCUT2D eigenvalue weighted by atomic mass is 9.80. The highest BCUT2D eigenvalue weighted by Crippen LogP contribution is 2.27. The fourth-order valence-electron chi connectivity index (χ4n) is 2.63. The number of rotatable bonds is 7. The summed E-state index contributed by atoms with van der Waals surface area (Å²) in [6.45, 7) is 4.78. The fourth-order valence-corrected chi connectivity index (χ4v) is 2.63. The van der Waals surface area contributed by atoms with Gasteiger partial charge in [-0.1, -0.05) is 68.4 Å². The van der Waals surface area contributed by atoms with Gasteiger partial charge in [0, 0.05) is 13.0 Å². The normalized spacial score (nSPS) is 11.3. The zero-order valence-electron chi connectivity index (χ0n) is 13.9. The van der Waals surface area contributed by atoms with Crippen molar-refractivity contribution in [3.8, 4) is 0 Å². The Hall–Kier alpha value is -2.13. The van der Waals surface area contributed by atoms with Gasteiger partial charge in [0.2, 0.25) is 5.91 Å². The molecule has 2 aromatic rings. The molecule has 0 heterocycles. The summed E-state index contributed by atoms with van der Waals surface area (Å²) in [7, 11) is 0. The van der Waals surface area contributed by atoms with E-state index in [9.17, 15) is 9.90 Å². The molecule has 23 heavy (non-hydrogen) atoms. The molecule has 0 saturated heterocycles. The second kappa shape index (κ2) is 7.93. The van der Waals surface area contributed by atoms with Crippen molar-refractivity contribution in [1.82, 2.24) is 5.32 Å². The van der Waals surface area contributed by atoms with Crippen LogP contribution in [0, 0.1) is 0 Å². The molecule has 3 nitrogen and oxygen atoms in total. The van der Waals surface area contributed by atoms with Crippen molar-refractivity contribution >= 4 is 5.91 Å². The first-order chi connectivity index (χ1) is 11.0. The zero-order chi connectivity index (χ0) is 16.7. The zero-order valence-corrected chi connectivity index (χ0v) is 13.9. The smallest absolute Gasteiger partial charge is 0.220 e. The molecule has 2 N–H and O–H groups in total. The number of amides is 1. The van der Waals surface area contributed by atoms with Crippen molar-refractivity contribution in [2.45, 2.75) is 45.3 Å². The highest BCUT2D eigenvalue weighted by Gasteiger charge is 2.21. The van der Waals surface area contributed by atoms with Crippen LogP contribution in [0.15, 0.2) is 54.6 Å². The number of hydrogen-bond acceptors (Lipinski definition) is 2. The predicted octanol–water partition coefficient (Wildman–Crippen LogP) is 3.55. The van der Waals surface area contributed by atoms with Crippen LogP contribution in [0.5, 0.6) is 0 Å². The summed E-state index contributed by atoms with van der Waals surface area (Å²) in [5.41, 5.74) is 3.04. The maximum Gasteiger partial charge on any atom is 0.220 e. The summed E-state index contributed by atoms with van der Waals surface area (Å²) in [6.07, 6.45) is 1.29. The molecule has 122 valence electrons. The Morgan fingerprint density at radius 2 is 1.61 bits per heavy atom. The van der Waals surface area contributed by atoms with Crippen LogP contribution in [-0.2, 0) is 23.4 Å². The number of aliphatic hydroxyl groups excluding tert-OH is 1. The third kappa shape index (κ3) is 4.93. The first kappa shape index (κ1) is 17.2. The van der Waals surface area contributed by atoms with Crippen molar-refractivity contribution in [2.24, 2.45) is 0 Å². The molecule has 0 saturated carbocycles. The number of benzene rings is 2. The molecular weight excluding hydrogens is 286 g/mol. The van der Waals surface area contributed by atoms with Gasteiger partial charge < -0.3 is 10.4 Å². The van der Waals surface area contributed by atoms with Gasteiger partial charge in [0.05, 0.1) is 6.61 Å². The number of carbonyl (C=O) groups is 1. The second-order valence-electron chi connectivity index (χ2n) is 6.45. The first-order valence-electron chi connectivity index (χ1n) is 8.03. The summed E-state index contributed by atoms with van der Waals surface area (Å²) in [5.74, 6) is 0.0433. The van der Waals surface area contributed by atoms with Crippen LogP contribution < -0.4 is 5.32 Å². The lowest BCUT2D eigenvalue weighted by Gasteiger charge is -2.25. The van der Waals surface area contributed by atoms with E-state index in [0.29, 0.717) is 13.0 Å². The Morgan fingerprint density at radius 3 is 2.26 bits per heavy atom. The van der Waals surface area contributed by atoms with E-state index < -0.39 is 0 Å². The summed E-state index contributed by atoms with van der Waals surface area (Å²) >= 11 is 0. The molecule has 0 radical (unpaired) electrons. The maximum atomic E-state index is 12.1. The molecule has 0 unspecified atom stereocenters. The Morgan fingerprint density at radius 1 is 1.00 bits per heavy atom. The highest BCUT2D eigenvalue weighted by molar-refractivity contribution is 5.76. The number of carbonyl (C=O) groups excluding carboxylic acids is 1. The SMILES string of the molecule is CC(C)(CCC(=O)NCc1ccccc1CO)c1ccccc1. The molecule has 0 fully saturated rings. The summed E-state index contributed by atoms with van der Waals surface area (Å²) < 4.78 is 0. The van der Waals surface area contributed by atoms with E-state index in [1.807, 2.05) is 42.5 Å². The Balaban J connectivity index is 1.86. The van der Waals surface area contributed by atoms with Crippen molar-refractivity contribution in [2.75, 3.05) is 0 Å².